The summed E-state index contributed by atoms with van der Waals surface area (Å²) in [7, 11) is 0. The average molecular weight is 406 g/mol. The Kier molecular flexibility index (Phi) is 4.77. The van der Waals surface area contributed by atoms with Gasteiger partial charge >= 0.3 is 11.2 Å². The molecule has 31 heavy (non-hydrogen) atoms. The van der Waals surface area contributed by atoms with E-state index < -0.39 is 0 Å². The van der Waals surface area contributed by atoms with Gasteiger partial charge in [-0.05, 0) is 17.2 Å². The first-order valence-electron chi connectivity index (χ1n) is 10.1. The van der Waals surface area contributed by atoms with Crippen LogP contribution in [0.5, 0.6) is 5.88 Å². The molecule has 0 fully saturated rings. The van der Waals surface area contributed by atoms with Crippen molar-refractivity contribution in [3.63, 3.8) is 0 Å². The first-order valence-corrected chi connectivity index (χ1v) is 10.1. The Hall–Kier alpha value is -4.25. The van der Waals surface area contributed by atoms with E-state index in [0.717, 1.165) is 11.1 Å². The summed E-state index contributed by atoms with van der Waals surface area (Å²) in [6.45, 7) is 0.405. The number of nitrogens with zero attached hydrogens (tertiary/aromatic N) is 3. The Labute approximate surface area is 179 Å². The van der Waals surface area contributed by atoms with E-state index in [-0.39, 0.29) is 17.0 Å². The molecule has 5 rings (SSSR count). The SMILES string of the molecule is O=c1c(-c2ccccc2)c(O)[n+](Cc2ccccc2)c2ccc(-c3ccccc3)nn12. The first-order chi connectivity index (χ1) is 15.2. The molecule has 0 radical (unpaired) electrons. The van der Waals surface area contributed by atoms with Crippen LogP contribution in [0.15, 0.2) is 108 Å². The average Bonchev–Trinajstić information content (AvgIpc) is 2.83. The van der Waals surface area contributed by atoms with Gasteiger partial charge in [-0.25, -0.2) is 4.79 Å². The van der Waals surface area contributed by atoms with Crippen LogP contribution in [-0.2, 0) is 6.54 Å². The highest BCUT2D eigenvalue weighted by Crippen LogP contribution is 2.24. The summed E-state index contributed by atoms with van der Waals surface area (Å²) in [5, 5.41) is 15.8. The van der Waals surface area contributed by atoms with E-state index in [4.69, 9.17) is 0 Å². The van der Waals surface area contributed by atoms with Gasteiger partial charge < -0.3 is 5.11 Å². The van der Waals surface area contributed by atoms with E-state index >= 15 is 0 Å². The van der Waals surface area contributed by atoms with Crippen molar-refractivity contribution in [1.82, 2.24) is 9.61 Å². The summed E-state index contributed by atoms with van der Waals surface area (Å²) in [4.78, 5) is 13.5. The zero-order valence-corrected chi connectivity index (χ0v) is 16.7. The molecule has 0 amide bonds. The standard InChI is InChI=1S/C26H19N3O2/c30-25-24(21-14-8-3-9-15-21)26(31)29-23(28(25)18-19-10-4-1-5-11-19)17-16-22(27-29)20-12-6-2-7-13-20/h1-17H,18H2/p+1. The van der Waals surface area contributed by atoms with Crippen LogP contribution in [0, 0.1) is 0 Å². The Morgan fingerprint density at radius 2 is 1.32 bits per heavy atom. The van der Waals surface area contributed by atoms with E-state index in [1.54, 1.807) is 4.57 Å². The highest BCUT2D eigenvalue weighted by Gasteiger charge is 2.26. The number of hydrogen-bond donors (Lipinski definition) is 1. The Morgan fingerprint density at radius 3 is 1.97 bits per heavy atom. The van der Waals surface area contributed by atoms with Gasteiger partial charge in [0, 0.05) is 11.6 Å². The monoisotopic (exact) mass is 406 g/mol. The molecule has 0 spiro atoms. The quantitative estimate of drug-likeness (QED) is 0.458. The first kappa shape index (κ1) is 18.8. The molecule has 5 heteroatoms. The van der Waals surface area contributed by atoms with Crippen molar-refractivity contribution in [2.45, 2.75) is 6.54 Å². The Balaban J connectivity index is 1.80. The van der Waals surface area contributed by atoms with Crippen molar-refractivity contribution >= 4 is 5.65 Å². The van der Waals surface area contributed by atoms with Gasteiger partial charge in [-0.3, -0.25) is 0 Å². The van der Waals surface area contributed by atoms with Crippen molar-refractivity contribution in [1.29, 1.82) is 0 Å². The molecule has 0 saturated carbocycles. The van der Waals surface area contributed by atoms with Gasteiger partial charge in [-0.15, -0.1) is 0 Å². The smallest absolute Gasteiger partial charge is 0.375 e. The third-order valence-electron chi connectivity index (χ3n) is 5.29. The molecule has 5 nitrogen and oxygen atoms in total. The van der Waals surface area contributed by atoms with Crippen molar-refractivity contribution in [2.75, 3.05) is 0 Å². The molecule has 150 valence electrons. The van der Waals surface area contributed by atoms with Gasteiger partial charge in [0.25, 0.3) is 5.88 Å². The molecule has 5 aromatic rings. The lowest BCUT2D eigenvalue weighted by atomic mass is 10.1. The number of benzene rings is 3. The van der Waals surface area contributed by atoms with E-state index in [1.807, 2.05) is 103 Å². The maximum absolute atomic E-state index is 13.5. The van der Waals surface area contributed by atoms with Gasteiger partial charge in [-0.1, -0.05) is 101 Å². The second-order valence-electron chi connectivity index (χ2n) is 7.30. The normalized spacial score (nSPS) is 11.0. The predicted octanol–water partition coefficient (Wildman–Crippen LogP) is 4.07. The number of aromatic nitrogens is 3. The van der Waals surface area contributed by atoms with Crippen molar-refractivity contribution < 1.29 is 9.67 Å². The molecule has 2 heterocycles. The fourth-order valence-corrected chi connectivity index (χ4v) is 3.76. The molecule has 0 unspecified atom stereocenters. The van der Waals surface area contributed by atoms with Crippen molar-refractivity contribution in [2.24, 2.45) is 0 Å². The summed E-state index contributed by atoms with van der Waals surface area (Å²) >= 11 is 0. The Bertz CT molecular complexity index is 1410. The second-order valence-corrected chi connectivity index (χ2v) is 7.30. The zero-order valence-electron chi connectivity index (χ0n) is 16.7. The minimum atomic E-state index is -0.360. The van der Waals surface area contributed by atoms with Crippen LogP contribution in [0.1, 0.15) is 5.56 Å². The van der Waals surface area contributed by atoms with E-state index in [9.17, 15) is 9.90 Å². The molecular weight excluding hydrogens is 386 g/mol. The van der Waals surface area contributed by atoms with Gasteiger partial charge in [0.05, 0.1) is 0 Å². The zero-order chi connectivity index (χ0) is 21.2. The predicted molar refractivity (Wildman–Crippen MR) is 120 cm³/mol. The molecule has 0 aliphatic heterocycles. The Morgan fingerprint density at radius 1 is 0.742 bits per heavy atom. The van der Waals surface area contributed by atoms with Gasteiger partial charge in [-0.2, -0.15) is 4.57 Å². The van der Waals surface area contributed by atoms with Gasteiger partial charge in [0.15, 0.2) is 5.56 Å². The fraction of sp³-hybridized carbons (Fsp3) is 0.0385. The summed E-state index contributed by atoms with van der Waals surface area (Å²) in [5.41, 5.74) is 3.65. The van der Waals surface area contributed by atoms with Crippen LogP contribution >= 0.6 is 0 Å². The number of fused-ring (bicyclic) bond motifs is 1. The van der Waals surface area contributed by atoms with E-state index in [1.165, 1.54) is 4.52 Å². The van der Waals surface area contributed by atoms with Crippen LogP contribution in [-0.4, -0.2) is 14.7 Å². The highest BCUT2D eigenvalue weighted by atomic mass is 16.3. The topological polar surface area (TPSA) is 58.5 Å². The molecule has 0 aliphatic carbocycles. The summed E-state index contributed by atoms with van der Waals surface area (Å²) in [6.07, 6.45) is 0. The maximum atomic E-state index is 13.5. The number of hydrogen-bond acceptors (Lipinski definition) is 3. The largest absolute Gasteiger partial charge is 0.477 e. The van der Waals surface area contributed by atoms with Crippen LogP contribution < -0.4 is 10.1 Å². The van der Waals surface area contributed by atoms with Gasteiger partial charge in [0.2, 0.25) is 0 Å². The lowest BCUT2D eigenvalue weighted by molar-refractivity contribution is -0.671. The summed E-state index contributed by atoms with van der Waals surface area (Å²) < 4.78 is 3.11. The third-order valence-corrected chi connectivity index (χ3v) is 5.29. The lowest BCUT2D eigenvalue weighted by Crippen LogP contribution is -2.42. The molecule has 0 aliphatic rings. The summed E-state index contributed by atoms with van der Waals surface area (Å²) in [6, 6.07) is 32.4. The second kappa shape index (κ2) is 7.88. The van der Waals surface area contributed by atoms with Crippen LogP contribution in [0.4, 0.5) is 0 Å². The minimum Gasteiger partial charge on any atom is -0.477 e. The number of rotatable bonds is 4. The van der Waals surface area contributed by atoms with Crippen molar-refractivity contribution in [3.8, 4) is 28.3 Å². The number of aromatic hydroxyl groups is 1. The molecule has 0 bridgehead atoms. The van der Waals surface area contributed by atoms with Gasteiger partial charge in [0.1, 0.15) is 12.2 Å². The molecule has 1 N–H and O–H groups in total. The van der Waals surface area contributed by atoms with Crippen LogP contribution in [0.2, 0.25) is 0 Å². The highest BCUT2D eigenvalue weighted by molar-refractivity contribution is 5.67. The molecule has 0 atom stereocenters. The van der Waals surface area contributed by atoms with Crippen molar-refractivity contribution in [3.05, 3.63) is 119 Å². The molecular formula is C26H20N3O2+. The molecule has 3 aromatic carbocycles. The minimum absolute atomic E-state index is 0.0747. The molecule has 0 saturated heterocycles. The fourth-order valence-electron chi connectivity index (χ4n) is 3.76. The third kappa shape index (κ3) is 3.46. The van der Waals surface area contributed by atoms with Crippen LogP contribution in [0.25, 0.3) is 28.0 Å². The van der Waals surface area contributed by atoms with E-state index in [0.29, 0.717) is 23.4 Å². The summed E-state index contributed by atoms with van der Waals surface area (Å²) in [5.74, 6) is -0.0747. The maximum Gasteiger partial charge on any atom is 0.375 e. The van der Waals surface area contributed by atoms with Crippen LogP contribution in [0.3, 0.4) is 0 Å². The lowest BCUT2D eigenvalue weighted by Gasteiger charge is -2.10. The molecule has 2 aromatic heterocycles. The van der Waals surface area contributed by atoms with E-state index in [2.05, 4.69) is 5.10 Å².